The number of nitriles is 1. The van der Waals surface area contributed by atoms with E-state index in [1.165, 1.54) is 12.1 Å². The number of hydrogen-bond acceptors (Lipinski definition) is 3. The van der Waals surface area contributed by atoms with Gasteiger partial charge in [-0.2, -0.15) is 5.26 Å². The highest BCUT2D eigenvalue weighted by Crippen LogP contribution is 2.20. The lowest BCUT2D eigenvalue weighted by Crippen LogP contribution is -2.22. The Labute approximate surface area is 89.9 Å². The van der Waals surface area contributed by atoms with Crippen LogP contribution in [0.25, 0.3) is 0 Å². The molecule has 80 valence electrons. The predicted molar refractivity (Wildman–Crippen MR) is 50.5 cm³/mol. The zero-order valence-corrected chi connectivity index (χ0v) is 7.95. The molecule has 1 fully saturated rings. The van der Waals surface area contributed by atoms with Crippen molar-refractivity contribution in [2.24, 2.45) is 0 Å². The molecule has 1 atom stereocenters. The fourth-order valence-electron chi connectivity index (χ4n) is 1.47. The van der Waals surface area contributed by atoms with Gasteiger partial charge in [-0.1, -0.05) is 6.07 Å². The van der Waals surface area contributed by atoms with Crippen molar-refractivity contribution in [2.45, 2.75) is 6.04 Å². The van der Waals surface area contributed by atoms with Crippen LogP contribution < -0.4 is 10.6 Å². The first kappa shape index (κ1) is 10.1. The minimum atomic E-state index is -1.03. The molecule has 16 heavy (non-hydrogen) atoms. The van der Waals surface area contributed by atoms with Gasteiger partial charge in [-0.3, -0.25) is 10.1 Å². The lowest BCUT2D eigenvalue weighted by Gasteiger charge is -2.08. The van der Waals surface area contributed by atoms with Crippen molar-refractivity contribution < 1.29 is 14.0 Å². The number of halogens is 1. The van der Waals surface area contributed by atoms with Gasteiger partial charge in [0.2, 0.25) is 0 Å². The number of amides is 3. The molecule has 1 aromatic rings. The molecule has 0 spiro atoms. The second-order valence-electron chi connectivity index (χ2n) is 3.24. The maximum atomic E-state index is 13.5. The first-order chi connectivity index (χ1) is 7.61. The van der Waals surface area contributed by atoms with Crippen LogP contribution in [0.4, 0.5) is 9.18 Å². The maximum absolute atomic E-state index is 13.5. The Balaban J connectivity index is 2.39. The van der Waals surface area contributed by atoms with E-state index in [2.05, 4.69) is 5.32 Å². The van der Waals surface area contributed by atoms with E-state index in [1.807, 2.05) is 5.32 Å². The van der Waals surface area contributed by atoms with Gasteiger partial charge in [0.1, 0.15) is 11.9 Å². The Kier molecular flexibility index (Phi) is 2.29. The first-order valence-corrected chi connectivity index (χ1v) is 4.42. The summed E-state index contributed by atoms with van der Waals surface area (Å²) in [6.07, 6.45) is 0. The third kappa shape index (κ3) is 1.59. The Morgan fingerprint density at radius 1 is 1.38 bits per heavy atom. The summed E-state index contributed by atoms with van der Waals surface area (Å²) in [6.45, 7) is 0. The van der Waals surface area contributed by atoms with Crippen molar-refractivity contribution in [3.63, 3.8) is 0 Å². The molecule has 1 saturated heterocycles. The molecule has 0 saturated carbocycles. The smallest absolute Gasteiger partial charge is 0.322 e. The number of carbonyl (C=O) groups excluding carboxylic acids is 2. The van der Waals surface area contributed by atoms with Crippen LogP contribution >= 0.6 is 0 Å². The summed E-state index contributed by atoms with van der Waals surface area (Å²) in [5, 5.41) is 12.8. The quantitative estimate of drug-likeness (QED) is 0.677. The molecular weight excluding hydrogens is 213 g/mol. The molecule has 1 aliphatic heterocycles. The summed E-state index contributed by atoms with van der Waals surface area (Å²) in [4.78, 5) is 22.1. The van der Waals surface area contributed by atoms with E-state index in [9.17, 15) is 14.0 Å². The normalized spacial score (nSPS) is 18.9. The van der Waals surface area contributed by atoms with Gasteiger partial charge in [0.15, 0.2) is 0 Å². The van der Waals surface area contributed by atoms with E-state index in [1.54, 1.807) is 6.07 Å². The van der Waals surface area contributed by atoms with Gasteiger partial charge < -0.3 is 5.32 Å². The summed E-state index contributed by atoms with van der Waals surface area (Å²) in [5.41, 5.74) is 0.202. The van der Waals surface area contributed by atoms with E-state index in [-0.39, 0.29) is 11.1 Å². The molecule has 2 rings (SSSR count). The Bertz CT molecular complexity index is 521. The number of rotatable bonds is 1. The second kappa shape index (κ2) is 3.62. The van der Waals surface area contributed by atoms with E-state index in [0.717, 1.165) is 6.07 Å². The summed E-state index contributed by atoms with van der Waals surface area (Å²) in [6, 6.07) is 3.81. The highest BCUT2D eigenvalue weighted by atomic mass is 19.1. The highest BCUT2D eigenvalue weighted by molar-refractivity contribution is 6.04. The van der Waals surface area contributed by atoms with Crippen molar-refractivity contribution in [1.29, 1.82) is 5.26 Å². The fraction of sp³-hybridized carbons (Fsp3) is 0.100. The summed E-state index contributed by atoms with van der Waals surface area (Å²) < 4.78 is 13.5. The monoisotopic (exact) mass is 219 g/mol. The number of nitrogens with zero attached hydrogens (tertiary/aromatic N) is 1. The van der Waals surface area contributed by atoms with Gasteiger partial charge in [0.25, 0.3) is 5.91 Å². The molecule has 1 heterocycles. The molecule has 2 N–H and O–H groups in total. The summed E-state index contributed by atoms with van der Waals surface area (Å²) in [5.74, 6) is -1.30. The second-order valence-corrected chi connectivity index (χ2v) is 3.24. The number of nitrogens with one attached hydrogen (secondary N) is 2. The summed E-state index contributed by atoms with van der Waals surface area (Å²) >= 11 is 0. The zero-order valence-electron chi connectivity index (χ0n) is 7.95. The Hall–Kier alpha value is -2.42. The molecule has 5 nitrogen and oxygen atoms in total. The van der Waals surface area contributed by atoms with Crippen LogP contribution in [-0.4, -0.2) is 11.9 Å². The number of benzene rings is 1. The molecule has 1 unspecified atom stereocenters. The van der Waals surface area contributed by atoms with E-state index < -0.39 is 23.8 Å². The lowest BCUT2D eigenvalue weighted by molar-refractivity contribution is -0.120. The molecule has 6 heteroatoms. The molecule has 1 aromatic carbocycles. The maximum Gasteiger partial charge on any atom is 0.322 e. The largest absolute Gasteiger partial charge is 0.322 e. The topological polar surface area (TPSA) is 82.0 Å². The zero-order chi connectivity index (χ0) is 11.7. The molecular formula is C10H6FN3O2. The molecule has 0 aliphatic carbocycles. The van der Waals surface area contributed by atoms with Gasteiger partial charge in [0, 0.05) is 5.56 Å². The van der Waals surface area contributed by atoms with Crippen LogP contribution in [0.1, 0.15) is 17.2 Å². The number of imide groups is 1. The summed E-state index contributed by atoms with van der Waals surface area (Å²) in [7, 11) is 0. The van der Waals surface area contributed by atoms with E-state index >= 15 is 0 Å². The minimum Gasteiger partial charge on any atom is -0.322 e. The van der Waals surface area contributed by atoms with Crippen molar-refractivity contribution >= 4 is 11.9 Å². The van der Waals surface area contributed by atoms with Crippen molar-refractivity contribution in [2.75, 3.05) is 0 Å². The van der Waals surface area contributed by atoms with Crippen LogP contribution in [-0.2, 0) is 4.79 Å². The van der Waals surface area contributed by atoms with Gasteiger partial charge in [-0.15, -0.1) is 0 Å². The molecule has 0 radical (unpaired) electrons. The molecule has 1 aliphatic rings. The van der Waals surface area contributed by atoms with Gasteiger partial charge >= 0.3 is 6.03 Å². The molecule has 3 amide bonds. The van der Waals surface area contributed by atoms with Gasteiger partial charge in [-0.25, -0.2) is 9.18 Å². The highest BCUT2D eigenvalue weighted by Gasteiger charge is 2.32. The molecule has 0 bridgehead atoms. The van der Waals surface area contributed by atoms with Crippen molar-refractivity contribution in [1.82, 2.24) is 10.6 Å². The van der Waals surface area contributed by atoms with E-state index in [0.29, 0.717) is 0 Å². The average molecular weight is 219 g/mol. The lowest BCUT2D eigenvalue weighted by atomic mass is 10.0. The van der Waals surface area contributed by atoms with Crippen LogP contribution in [0.15, 0.2) is 18.2 Å². The SMILES string of the molecule is N#Cc1ccc(C2NC(=O)NC2=O)c(F)c1. The third-order valence-electron chi connectivity index (χ3n) is 2.21. The van der Waals surface area contributed by atoms with Crippen LogP contribution in [0.3, 0.4) is 0 Å². The number of urea groups is 1. The van der Waals surface area contributed by atoms with Crippen molar-refractivity contribution in [3.05, 3.63) is 35.1 Å². The number of hydrogen-bond donors (Lipinski definition) is 2. The minimum absolute atomic E-state index is 0.0438. The standard InChI is InChI=1S/C10H6FN3O2/c11-7-3-5(4-12)1-2-6(7)8-9(15)14-10(16)13-8/h1-3,8H,(H2,13,14,15,16). The van der Waals surface area contributed by atoms with Crippen LogP contribution in [0.5, 0.6) is 0 Å². The van der Waals surface area contributed by atoms with Crippen LogP contribution in [0.2, 0.25) is 0 Å². The Morgan fingerprint density at radius 3 is 2.62 bits per heavy atom. The fourth-order valence-corrected chi connectivity index (χ4v) is 1.47. The van der Waals surface area contributed by atoms with Crippen LogP contribution in [0, 0.1) is 17.1 Å². The average Bonchev–Trinajstić information content (AvgIpc) is 2.57. The predicted octanol–water partition coefficient (Wildman–Crippen LogP) is 0.578. The third-order valence-corrected chi connectivity index (χ3v) is 2.21. The number of carbonyl (C=O) groups is 2. The van der Waals surface area contributed by atoms with E-state index in [4.69, 9.17) is 5.26 Å². The molecule has 0 aromatic heterocycles. The van der Waals surface area contributed by atoms with Crippen molar-refractivity contribution in [3.8, 4) is 6.07 Å². The first-order valence-electron chi connectivity index (χ1n) is 4.42. The van der Waals surface area contributed by atoms with Gasteiger partial charge in [0.05, 0.1) is 11.6 Å². The van der Waals surface area contributed by atoms with Gasteiger partial charge in [-0.05, 0) is 12.1 Å². The Morgan fingerprint density at radius 2 is 2.12 bits per heavy atom.